The molecule has 5 heteroatoms. The lowest BCUT2D eigenvalue weighted by atomic mass is 10.2. The van der Waals surface area contributed by atoms with Gasteiger partial charge in [-0.25, -0.2) is 9.78 Å². The first-order valence-electron chi connectivity index (χ1n) is 4.23. The van der Waals surface area contributed by atoms with Crippen molar-refractivity contribution in [1.29, 1.82) is 0 Å². The standard InChI is InChI=1S/C10H10N2O3/c1-2-3-9(13)12-8-6-7(10(14)15)4-5-11-8/h2,4-6H,1,3H2,(H,14,15)(H,11,12,13). The predicted octanol–water partition coefficient (Wildman–Crippen LogP) is 1.29. The molecule has 15 heavy (non-hydrogen) atoms. The van der Waals surface area contributed by atoms with Gasteiger partial charge in [-0.1, -0.05) is 6.08 Å². The van der Waals surface area contributed by atoms with Gasteiger partial charge in [0, 0.05) is 12.6 Å². The van der Waals surface area contributed by atoms with Gasteiger partial charge in [0.25, 0.3) is 0 Å². The molecule has 1 heterocycles. The zero-order valence-corrected chi connectivity index (χ0v) is 7.93. The fraction of sp³-hybridized carbons (Fsp3) is 0.100. The van der Waals surface area contributed by atoms with Gasteiger partial charge >= 0.3 is 5.97 Å². The molecule has 0 aliphatic rings. The average molecular weight is 206 g/mol. The summed E-state index contributed by atoms with van der Waals surface area (Å²) in [6, 6.07) is 2.65. The van der Waals surface area contributed by atoms with E-state index in [0.717, 1.165) is 0 Å². The van der Waals surface area contributed by atoms with Crippen LogP contribution in [0.3, 0.4) is 0 Å². The van der Waals surface area contributed by atoms with Crippen molar-refractivity contribution in [1.82, 2.24) is 4.98 Å². The molecule has 0 aliphatic carbocycles. The largest absolute Gasteiger partial charge is 0.478 e. The fourth-order valence-electron chi connectivity index (χ4n) is 0.957. The molecule has 0 bridgehead atoms. The van der Waals surface area contributed by atoms with E-state index in [1.807, 2.05) is 0 Å². The van der Waals surface area contributed by atoms with Crippen LogP contribution in [0.4, 0.5) is 5.82 Å². The van der Waals surface area contributed by atoms with E-state index < -0.39 is 5.97 Å². The number of carboxylic acids is 1. The molecule has 1 aromatic rings. The summed E-state index contributed by atoms with van der Waals surface area (Å²) in [6.07, 6.45) is 2.95. The minimum Gasteiger partial charge on any atom is -0.478 e. The van der Waals surface area contributed by atoms with Crippen molar-refractivity contribution in [2.24, 2.45) is 0 Å². The minimum absolute atomic E-state index is 0.0823. The van der Waals surface area contributed by atoms with Crippen molar-refractivity contribution in [2.45, 2.75) is 6.42 Å². The molecule has 1 aromatic heterocycles. The maximum absolute atomic E-state index is 11.1. The van der Waals surface area contributed by atoms with Gasteiger partial charge in [0.05, 0.1) is 5.56 Å². The second kappa shape index (κ2) is 4.90. The Bertz CT molecular complexity index is 401. The van der Waals surface area contributed by atoms with Crippen molar-refractivity contribution in [3.05, 3.63) is 36.5 Å². The maximum Gasteiger partial charge on any atom is 0.335 e. The first-order chi connectivity index (χ1) is 7.13. The fourth-order valence-corrected chi connectivity index (χ4v) is 0.957. The molecule has 0 aliphatic heterocycles. The van der Waals surface area contributed by atoms with Crippen LogP contribution in [0.15, 0.2) is 31.0 Å². The summed E-state index contributed by atoms with van der Waals surface area (Å²) in [5, 5.41) is 11.1. The van der Waals surface area contributed by atoms with Crippen LogP contribution in [0.2, 0.25) is 0 Å². The van der Waals surface area contributed by atoms with E-state index in [-0.39, 0.29) is 23.7 Å². The lowest BCUT2D eigenvalue weighted by Crippen LogP contribution is -2.11. The molecule has 2 N–H and O–H groups in total. The Morgan fingerprint density at radius 1 is 1.60 bits per heavy atom. The lowest BCUT2D eigenvalue weighted by Gasteiger charge is -2.02. The number of carbonyl (C=O) groups excluding carboxylic acids is 1. The number of aromatic carboxylic acids is 1. The summed E-state index contributed by atoms with van der Waals surface area (Å²) in [4.78, 5) is 25.5. The van der Waals surface area contributed by atoms with Gasteiger partial charge in [-0.05, 0) is 12.1 Å². The third-order valence-electron chi connectivity index (χ3n) is 1.60. The van der Waals surface area contributed by atoms with Gasteiger partial charge in [0.2, 0.25) is 5.91 Å². The zero-order valence-electron chi connectivity index (χ0n) is 7.93. The summed E-state index contributed by atoms with van der Waals surface area (Å²) in [6.45, 7) is 3.41. The van der Waals surface area contributed by atoms with E-state index in [1.165, 1.54) is 24.4 Å². The van der Waals surface area contributed by atoms with Gasteiger partial charge in [-0.15, -0.1) is 6.58 Å². The highest BCUT2D eigenvalue weighted by Gasteiger charge is 2.05. The number of aromatic nitrogens is 1. The van der Waals surface area contributed by atoms with E-state index in [4.69, 9.17) is 5.11 Å². The second-order valence-corrected chi connectivity index (χ2v) is 2.78. The number of carbonyl (C=O) groups is 2. The van der Waals surface area contributed by atoms with Crippen molar-refractivity contribution < 1.29 is 14.7 Å². The zero-order chi connectivity index (χ0) is 11.3. The van der Waals surface area contributed by atoms with Gasteiger partial charge in [0.1, 0.15) is 5.82 Å². The normalized spacial score (nSPS) is 9.33. The molecular formula is C10H10N2O3. The number of anilines is 1. The van der Waals surface area contributed by atoms with Gasteiger partial charge in [0.15, 0.2) is 0 Å². The van der Waals surface area contributed by atoms with Crippen LogP contribution < -0.4 is 5.32 Å². The number of nitrogens with zero attached hydrogens (tertiary/aromatic N) is 1. The third-order valence-corrected chi connectivity index (χ3v) is 1.60. The number of nitrogens with one attached hydrogen (secondary N) is 1. The highest BCUT2D eigenvalue weighted by molar-refractivity contribution is 5.93. The van der Waals surface area contributed by atoms with Crippen molar-refractivity contribution in [2.75, 3.05) is 5.32 Å². The molecule has 0 fully saturated rings. The first kappa shape index (κ1) is 10.9. The molecule has 0 saturated carbocycles. The Balaban J connectivity index is 2.77. The highest BCUT2D eigenvalue weighted by atomic mass is 16.4. The van der Waals surface area contributed by atoms with Crippen LogP contribution in [-0.2, 0) is 4.79 Å². The molecule has 0 spiro atoms. The molecule has 1 rings (SSSR count). The number of amides is 1. The van der Waals surface area contributed by atoms with Crippen LogP contribution in [0.5, 0.6) is 0 Å². The van der Waals surface area contributed by atoms with Gasteiger partial charge < -0.3 is 10.4 Å². The number of hydrogen-bond acceptors (Lipinski definition) is 3. The molecule has 0 radical (unpaired) electrons. The Hall–Kier alpha value is -2.17. The maximum atomic E-state index is 11.1. The van der Waals surface area contributed by atoms with Crippen molar-refractivity contribution in [3.63, 3.8) is 0 Å². The molecule has 1 amide bonds. The van der Waals surface area contributed by atoms with Crippen molar-refractivity contribution >= 4 is 17.7 Å². The average Bonchev–Trinajstić information content (AvgIpc) is 2.18. The monoisotopic (exact) mass is 206 g/mol. The molecule has 0 aromatic carbocycles. The third kappa shape index (κ3) is 3.22. The Kier molecular flexibility index (Phi) is 3.56. The predicted molar refractivity (Wildman–Crippen MR) is 54.6 cm³/mol. The van der Waals surface area contributed by atoms with E-state index in [9.17, 15) is 9.59 Å². The number of hydrogen-bond donors (Lipinski definition) is 2. The number of rotatable bonds is 4. The van der Waals surface area contributed by atoms with E-state index in [1.54, 1.807) is 0 Å². The van der Waals surface area contributed by atoms with Gasteiger partial charge in [-0.2, -0.15) is 0 Å². The molecule has 0 atom stereocenters. The number of pyridine rings is 1. The van der Waals surface area contributed by atoms with Crippen LogP contribution >= 0.6 is 0 Å². The molecule has 0 saturated heterocycles. The van der Waals surface area contributed by atoms with E-state index in [0.29, 0.717) is 0 Å². The first-order valence-corrected chi connectivity index (χ1v) is 4.23. The molecular weight excluding hydrogens is 196 g/mol. The minimum atomic E-state index is -1.06. The lowest BCUT2D eigenvalue weighted by molar-refractivity contribution is -0.115. The highest BCUT2D eigenvalue weighted by Crippen LogP contribution is 2.06. The van der Waals surface area contributed by atoms with Crippen LogP contribution in [0, 0.1) is 0 Å². The Morgan fingerprint density at radius 3 is 2.93 bits per heavy atom. The van der Waals surface area contributed by atoms with Crippen LogP contribution in [-0.4, -0.2) is 22.0 Å². The number of carboxylic acid groups (broad SMARTS) is 1. The summed E-state index contributed by atoms with van der Waals surface area (Å²) in [5.41, 5.74) is 0.0823. The Labute approximate surface area is 86.5 Å². The summed E-state index contributed by atoms with van der Waals surface area (Å²) in [7, 11) is 0. The SMILES string of the molecule is C=CCC(=O)Nc1cc(C(=O)O)ccn1. The van der Waals surface area contributed by atoms with Crippen LogP contribution in [0.25, 0.3) is 0 Å². The molecule has 5 nitrogen and oxygen atoms in total. The van der Waals surface area contributed by atoms with Crippen LogP contribution in [0.1, 0.15) is 16.8 Å². The molecule has 0 unspecified atom stereocenters. The Morgan fingerprint density at radius 2 is 2.33 bits per heavy atom. The van der Waals surface area contributed by atoms with Crippen molar-refractivity contribution in [3.8, 4) is 0 Å². The van der Waals surface area contributed by atoms with Gasteiger partial charge in [-0.3, -0.25) is 4.79 Å². The molecule has 78 valence electrons. The quantitative estimate of drug-likeness (QED) is 0.727. The topological polar surface area (TPSA) is 79.3 Å². The smallest absolute Gasteiger partial charge is 0.335 e. The summed E-state index contributed by atoms with van der Waals surface area (Å²) >= 11 is 0. The van der Waals surface area contributed by atoms with E-state index >= 15 is 0 Å². The summed E-state index contributed by atoms with van der Waals surface area (Å²) in [5.74, 6) is -1.11. The summed E-state index contributed by atoms with van der Waals surface area (Å²) < 4.78 is 0. The van der Waals surface area contributed by atoms with E-state index in [2.05, 4.69) is 16.9 Å². The second-order valence-electron chi connectivity index (χ2n) is 2.78.